The van der Waals surface area contributed by atoms with Crippen LogP contribution in [-0.4, -0.2) is 26.3 Å². The van der Waals surface area contributed by atoms with E-state index in [1.165, 1.54) is 0 Å². The van der Waals surface area contributed by atoms with Crippen LogP contribution in [0.5, 0.6) is 0 Å². The van der Waals surface area contributed by atoms with Gasteiger partial charge in [-0.1, -0.05) is 37.2 Å². The number of hydrogen-bond acceptors (Lipinski definition) is 3. The SMILES string of the molecule is CCC1CCC(C(=O)O)C(Sc2nc3ccccc3[nH]2)C1. The highest BCUT2D eigenvalue weighted by Crippen LogP contribution is 2.40. The summed E-state index contributed by atoms with van der Waals surface area (Å²) >= 11 is 1.60. The molecule has 1 aromatic heterocycles. The van der Waals surface area contributed by atoms with Crippen molar-refractivity contribution in [3.05, 3.63) is 24.3 Å². The average Bonchev–Trinajstić information content (AvgIpc) is 2.89. The molecule has 1 saturated carbocycles. The third kappa shape index (κ3) is 3.07. The molecule has 0 saturated heterocycles. The van der Waals surface area contributed by atoms with Gasteiger partial charge in [0, 0.05) is 5.25 Å². The molecule has 4 nitrogen and oxygen atoms in total. The van der Waals surface area contributed by atoms with E-state index in [0.29, 0.717) is 5.92 Å². The van der Waals surface area contributed by atoms with E-state index >= 15 is 0 Å². The van der Waals surface area contributed by atoms with E-state index in [-0.39, 0.29) is 11.2 Å². The normalized spacial score (nSPS) is 26.0. The van der Waals surface area contributed by atoms with Crippen LogP contribution in [0, 0.1) is 11.8 Å². The van der Waals surface area contributed by atoms with Gasteiger partial charge in [0.05, 0.1) is 17.0 Å². The van der Waals surface area contributed by atoms with E-state index in [9.17, 15) is 9.90 Å². The molecule has 1 aliphatic rings. The van der Waals surface area contributed by atoms with Crippen LogP contribution in [0.25, 0.3) is 11.0 Å². The number of aromatic nitrogens is 2. The van der Waals surface area contributed by atoms with Crippen LogP contribution in [0.3, 0.4) is 0 Å². The Morgan fingerprint density at radius 2 is 2.24 bits per heavy atom. The Kier molecular flexibility index (Phi) is 4.19. The number of carboxylic acid groups (broad SMARTS) is 1. The summed E-state index contributed by atoms with van der Waals surface area (Å²) in [6.45, 7) is 2.19. The van der Waals surface area contributed by atoms with Crippen LogP contribution in [0.15, 0.2) is 29.4 Å². The molecule has 2 N–H and O–H groups in total. The van der Waals surface area contributed by atoms with Crippen LogP contribution >= 0.6 is 11.8 Å². The number of thioether (sulfide) groups is 1. The summed E-state index contributed by atoms with van der Waals surface area (Å²) in [7, 11) is 0. The first kappa shape index (κ1) is 14.4. The summed E-state index contributed by atoms with van der Waals surface area (Å²) in [5, 5.41) is 10.4. The van der Waals surface area contributed by atoms with Crippen LogP contribution < -0.4 is 0 Å². The molecule has 3 unspecified atom stereocenters. The zero-order chi connectivity index (χ0) is 14.8. The fraction of sp³-hybridized carbons (Fsp3) is 0.500. The molecule has 0 radical (unpaired) electrons. The van der Waals surface area contributed by atoms with Crippen LogP contribution in [0.4, 0.5) is 0 Å². The Balaban J connectivity index is 1.80. The minimum atomic E-state index is -0.668. The summed E-state index contributed by atoms with van der Waals surface area (Å²) in [6, 6.07) is 7.91. The van der Waals surface area contributed by atoms with Crippen LogP contribution in [0.1, 0.15) is 32.6 Å². The van der Waals surface area contributed by atoms with E-state index in [1.54, 1.807) is 11.8 Å². The van der Waals surface area contributed by atoms with E-state index in [0.717, 1.165) is 41.9 Å². The molecule has 1 aromatic carbocycles. The lowest BCUT2D eigenvalue weighted by atomic mass is 9.80. The highest BCUT2D eigenvalue weighted by atomic mass is 32.2. The quantitative estimate of drug-likeness (QED) is 0.898. The van der Waals surface area contributed by atoms with E-state index in [1.807, 2.05) is 24.3 Å². The Hall–Kier alpha value is -1.49. The second-order valence-corrected chi connectivity index (χ2v) is 6.98. The molecule has 0 aliphatic heterocycles. The first-order valence-electron chi connectivity index (χ1n) is 7.51. The van der Waals surface area contributed by atoms with Gasteiger partial charge < -0.3 is 10.1 Å². The zero-order valence-electron chi connectivity index (χ0n) is 12.1. The molecule has 5 heteroatoms. The van der Waals surface area contributed by atoms with Gasteiger partial charge in [0.25, 0.3) is 0 Å². The van der Waals surface area contributed by atoms with Crippen molar-refractivity contribution < 1.29 is 9.90 Å². The topological polar surface area (TPSA) is 66.0 Å². The highest BCUT2D eigenvalue weighted by molar-refractivity contribution is 7.99. The summed E-state index contributed by atoms with van der Waals surface area (Å²) in [4.78, 5) is 19.3. The summed E-state index contributed by atoms with van der Waals surface area (Å²) in [6.07, 6.45) is 3.91. The highest BCUT2D eigenvalue weighted by Gasteiger charge is 2.35. The maximum Gasteiger partial charge on any atom is 0.307 e. The lowest BCUT2D eigenvalue weighted by Gasteiger charge is -2.32. The van der Waals surface area contributed by atoms with Gasteiger partial charge in [0.15, 0.2) is 5.16 Å². The number of fused-ring (bicyclic) bond motifs is 1. The molecule has 3 atom stereocenters. The van der Waals surface area contributed by atoms with E-state index in [4.69, 9.17) is 0 Å². The minimum Gasteiger partial charge on any atom is -0.481 e. The van der Waals surface area contributed by atoms with Crippen molar-refractivity contribution in [1.29, 1.82) is 0 Å². The maximum absolute atomic E-state index is 11.5. The van der Waals surface area contributed by atoms with Crippen molar-refractivity contribution in [1.82, 2.24) is 9.97 Å². The number of hydrogen-bond donors (Lipinski definition) is 2. The molecule has 3 rings (SSSR count). The Morgan fingerprint density at radius 3 is 2.95 bits per heavy atom. The number of para-hydroxylation sites is 2. The third-order valence-electron chi connectivity index (χ3n) is 4.43. The first-order valence-corrected chi connectivity index (χ1v) is 8.39. The number of H-pyrrole nitrogens is 1. The Morgan fingerprint density at radius 1 is 1.43 bits per heavy atom. The van der Waals surface area contributed by atoms with Crippen molar-refractivity contribution in [2.45, 2.75) is 43.0 Å². The zero-order valence-corrected chi connectivity index (χ0v) is 12.9. The van der Waals surface area contributed by atoms with Crippen LogP contribution in [0.2, 0.25) is 0 Å². The number of carbonyl (C=O) groups is 1. The van der Waals surface area contributed by atoms with Crippen LogP contribution in [-0.2, 0) is 4.79 Å². The van der Waals surface area contributed by atoms with Gasteiger partial charge in [-0.05, 0) is 37.3 Å². The summed E-state index contributed by atoms with van der Waals surface area (Å²) < 4.78 is 0. The molecule has 21 heavy (non-hydrogen) atoms. The first-order chi connectivity index (χ1) is 10.2. The number of nitrogens with one attached hydrogen (secondary N) is 1. The van der Waals surface area contributed by atoms with Crippen molar-refractivity contribution in [2.24, 2.45) is 11.8 Å². The summed E-state index contributed by atoms with van der Waals surface area (Å²) in [5.41, 5.74) is 1.95. The molecule has 0 bridgehead atoms. The summed E-state index contributed by atoms with van der Waals surface area (Å²) in [5.74, 6) is -0.286. The second kappa shape index (κ2) is 6.10. The number of rotatable bonds is 4. The van der Waals surface area contributed by atoms with Gasteiger partial charge in [-0.25, -0.2) is 4.98 Å². The van der Waals surface area contributed by atoms with Gasteiger partial charge in [0.2, 0.25) is 0 Å². The third-order valence-corrected chi connectivity index (χ3v) is 5.67. The van der Waals surface area contributed by atoms with Gasteiger partial charge in [0.1, 0.15) is 0 Å². The van der Waals surface area contributed by atoms with E-state index in [2.05, 4.69) is 16.9 Å². The fourth-order valence-corrected chi connectivity index (χ4v) is 4.52. The second-order valence-electron chi connectivity index (χ2n) is 5.75. The van der Waals surface area contributed by atoms with Gasteiger partial charge in [-0.2, -0.15) is 0 Å². The predicted octanol–water partition coefficient (Wildman–Crippen LogP) is 3.93. The molecule has 112 valence electrons. The number of carboxylic acids is 1. The van der Waals surface area contributed by atoms with Crippen molar-refractivity contribution in [2.75, 3.05) is 0 Å². The molecular formula is C16H20N2O2S. The number of aliphatic carboxylic acids is 1. The number of imidazole rings is 1. The van der Waals surface area contributed by atoms with Crippen molar-refractivity contribution >= 4 is 28.8 Å². The molecule has 1 fully saturated rings. The Bertz CT molecular complexity index is 607. The average molecular weight is 304 g/mol. The van der Waals surface area contributed by atoms with E-state index < -0.39 is 5.97 Å². The molecule has 2 aromatic rings. The Labute approximate surface area is 128 Å². The molecule has 0 amide bonds. The molecule has 1 heterocycles. The lowest BCUT2D eigenvalue weighted by Crippen LogP contribution is -2.32. The molecule has 1 aliphatic carbocycles. The van der Waals surface area contributed by atoms with Gasteiger partial charge in [-0.3, -0.25) is 4.79 Å². The number of nitrogens with zero attached hydrogens (tertiary/aromatic N) is 1. The van der Waals surface area contributed by atoms with Gasteiger partial charge >= 0.3 is 5.97 Å². The lowest BCUT2D eigenvalue weighted by molar-refractivity contribution is -0.142. The largest absolute Gasteiger partial charge is 0.481 e. The number of benzene rings is 1. The number of aromatic amines is 1. The molecular weight excluding hydrogens is 284 g/mol. The monoisotopic (exact) mass is 304 g/mol. The van der Waals surface area contributed by atoms with Crippen molar-refractivity contribution in [3.8, 4) is 0 Å². The fourth-order valence-electron chi connectivity index (χ4n) is 3.12. The standard InChI is InChI=1S/C16H20N2O2S/c1-2-10-7-8-11(15(19)20)14(9-10)21-16-17-12-5-3-4-6-13(12)18-16/h3-6,10-11,14H,2,7-9H2,1H3,(H,17,18)(H,19,20). The molecule has 0 spiro atoms. The minimum absolute atomic E-state index is 0.113. The smallest absolute Gasteiger partial charge is 0.307 e. The predicted molar refractivity (Wildman–Crippen MR) is 84.5 cm³/mol. The maximum atomic E-state index is 11.5. The van der Waals surface area contributed by atoms with Gasteiger partial charge in [-0.15, -0.1) is 0 Å². The van der Waals surface area contributed by atoms with Crippen molar-refractivity contribution in [3.63, 3.8) is 0 Å².